The molecule has 1 aromatic carbocycles. The second-order valence-corrected chi connectivity index (χ2v) is 7.92. The van der Waals surface area contributed by atoms with Gasteiger partial charge in [0.15, 0.2) is 0 Å². The quantitative estimate of drug-likeness (QED) is 0.723. The van der Waals surface area contributed by atoms with E-state index in [9.17, 15) is 9.59 Å². The van der Waals surface area contributed by atoms with Crippen molar-refractivity contribution in [3.05, 3.63) is 55.5 Å². The van der Waals surface area contributed by atoms with Crippen LogP contribution in [0.25, 0.3) is 21.3 Å². The van der Waals surface area contributed by atoms with Crippen molar-refractivity contribution in [2.24, 2.45) is 7.05 Å². The van der Waals surface area contributed by atoms with E-state index in [1.54, 1.807) is 23.0 Å². The first-order valence-corrected chi connectivity index (χ1v) is 9.29. The fourth-order valence-electron chi connectivity index (χ4n) is 3.56. The molecule has 3 aromatic rings. The van der Waals surface area contributed by atoms with Crippen LogP contribution in [0.5, 0.6) is 0 Å². The van der Waals surface area contributed by atoms with Crippen molar-refractivity contribution >= 4 is 21.6 Å². The fraction of sp³-hybridized carbons (Fsp3) is 0.368. The molecule has 4 rings (SSSR count). The van der Waals surface area contributed by atoms with Crippen LogP contribution in [0.3, 0.4) is 0 Å². The molecule has 0 amide bonds. The Morgan fingerprint density at radius 2 is 1.92 bits per heavy atom. The molecule has 130 valence electrons. The number of fused-ring (bicyclic) bond motifs is 5. The summed E-state index contributed by atoms with van der Waals surface area (Å²) in [7, 11) is 5.55. The van der Waals surface area contributed by atoms with E-state index < -0.39 is 0 Å². The highest BCUT2D eigenvalue weighted by molar-refractivity contribution is 7.19. The van der Waals surface area contributed by atoms with Crippen LogP contribution in [0.15, 0.2) is 33.9 Å². The molecular weight excluding hydrogens is 334 g/mol. The Morgan fingerprint density at radius 3 is 2.68 bits per heavy atom. The Balaban J connectivity index is 2.07. The monoisotopic (exact) mass is 355 g/mol. The zero-order chi connectivity index (χ0) is 17.7. The summed E-state index contributed by atoms with van der Waals surface area (Å²) >= 11 is 1.61. The number of thiophene rings is 1. The number of aryl methyl sites for hydroxylation is 2. The molecule has 25 heavy (non-hydrogen) atoms. The molecule has 0 saturated heterocycles. The Morgan fingerprint density at radius 1 is 1.16 bits per heavy atom. The largest absolute Gasteiger partial charge is 0.331 e. The lowest BCUT2D eigenvalue weighted by atomic mass is 9.89. The topological polar surface area (TPSA) is 47.2 Å². The van der Waals surface area contributed by atoms with Gasteiger partial charge in [0.25, 0.3) is 5.56 Å². The van der Waals surface area contributed by atoms with E-state index in [1.165, 1.54) is 15.0 Å². The van der Waals surface area contributed by atoms with Crippen LogP contribution >= 0.6 is 11.3 Å². The molecule has 0 N–H and O–H groups in total. The number of hydrogen-bond donors (Lipinski definition) is 0. The second-order valence-electron chi connectivity index (χ2n) is 6.84. The van der Waals surface area contributed by atoms with Gasteiger partial charge in [-0.2, -0.15) is 0 Å². The van der Waals surface area contributed by atoms with E-state index in [0.717, 1.165) is 35.3 Å². The van der Waals surface area contributed by atoms with Crippen LogP contribution in [0, 0.1) is 0 Å². The van der Waals surface area contributed by atoms with E-state index >= 15 is 0 Å². The minimum absolute atomic E-state index is 0.185. The van der Waals surface area contributed by atoms with Crippen LogP contribution in [0.2, 0.25) is 0 Å². The molecule has 0 atom stereocenters. The van der Waals surface area contributed by atoms with Crippen LogP contribution in [-0.2, 0) is 26.4 Å². The Hall–Kier alpha value is -2.18. The molecule has 0 radical (unpaired) electrons. The van der Waals surface area contributed by atoms with Crippen molar-refractivity contribution < 1.29 is 0 Å². The van der Waals surface area contributed by atoms with Crippen molar-refractivity contribution in [2.75, 3.05) is 20.6 Å². The van der Waals surface area contributed by atoms with Gasteiger partial charge in [-0.15, -0.1) is 11.3 Å². The number of nitrogens with zero attached hydrogens (tertiary/aromatic N) is 3. The van der Waals surface area contributed by atoms with Gasteiger partial charge < -0.3 is 4.90 Å². The molecule has 1 aliphatic rings. The van der Waals surface area contributed by atoms with E-state index in [0.29, 0.717) is 11.9 Å². The zero-order valence-electron chi connectivity index (χ0n) is 14.7. The predicted octanol–water partition coefficient (Wildman–Crippen LogP) is 2.09. The van der Waals surface area contributed by atoms with E-state index in [-0.39, 0.29) is 11.2 Å². The van der Waals surface area contributed by atoms with Crippen LogP contribution in [0.1, 0.15) is 10.4 Å². The molecule has 1 aliphatic carbocycles. The molecule has 2 aromatic heterocycles. The lowest BCUT2D eigenvalue weighted by Gasteiger charge is -2.16. The minimum Gasteiger partial charge on any atom is -0.308 e. The first-order valence-electron chi connectivity index (χ1n) is 8.47. The summed E-state index contributed by atoms with van der Waals surface area (Å²) in [4.78, 5) is 29.7. The van der Waals surface area contributed by atoms with E-state index in [1.807, 2.05) is 31.1 Å². The third-order valence-electron chi connectivity index (χ3n) is 4.92. The molecule has 0 spiro atoms. The number of rotatable bonds is 3. The summed E-state index contributed by atoms with van der Waals surface area (Å²) in [5.41, 5.74) is 3.05. The van der Waals surface area contributed by atoms with Crippen molar-refractivity contribution in [2.45, 2.75) is 19.4 Å². The van der Waals surface area contributed by atoms with Crippen molar-refractivity contribution in [1.82, 2.24) is 14.0 Å². The first kappa shape index (κ1) is 16.3. The summed E-state index contributed by atoms with van der Waals surface area (Å²) < 4.78 is 3.02. The van der Waals surface area contributed by atoms with Crippen LogP contribution in [0.4, 0.5) is 0 Å². The van der Waals surface area contributed by atoms with Gasteiger partial charge in [-0.25, -0.2) is 4.79 Å². The van der Waals surface area contributed by atoms with Crippen molar-refractivity contribution in [3.8, 4) is 11.1 Å². The van der Waals surface area contributed by atoms with E-state index in [2.05, 4.69) is 12.1 Å². The molecular formula is C19H21N3O2S. The summed E-state index contributed by atoms with van der Waals surface area (Å²) in [6, 6.07) is 8.29. The lowest BCUT2D eigenvalue weighted by Crippen LogP contribution is -2.39. The smallest absolute Gasteiger partial charge is 0.308 e. The molecule has 0 bridgehead atoms. The minimum atomic E-state index is -0.230. The number of likely N-dealkylation sites (N-methyl/N-ethyl adjacent to an activating group) is 1. The highest BCUT2D eigenvalue weighted by Gasteiger charge is 2.25. The van der Waals surface area contributed by atoms with Crippen molar-refractivity contribution in [1.29, 1.82) is 0 Å². The summed E-state index contributed by atoms with van der Waals surface area (Å²) in [6.45, 7) is 1.34. The molecule has 2 heterocycles. The SMILES string of the molecule is CN(C)CCn1c(=O)n(C)c(=O)c2c3c(sc21)CCc1ccccc1-3. The molecule has 0 fully saturated rings. The normalized spacial score (nSPS) is 13.3. The maximum absolute atomic E-state index is 12.9. The highest BCUT2D eigenvalue weighted by atomic mass is 32.1. The van der Waals surface area contributed by atoms with Crippen LogP contribution in [-0.4, -0.2) is 34.7 Å². The lowest BCUT2D eigenvalue weighted by molar-refractivity contribution is 0.381. The van der Waals surface area contributed by atoms with Gasteiger partial charge in [0.1, 0.15) is 4.83 Å². The molecule has 6 heteroatoms. The fourth-order valence-corrected chi connectivity index (χ4v) is 4.89. The Kier molecular flexibility index (Phi) is 3.89. The molecule has 0 unspecified atom stereocenters. The highest BCUT2D eigenvalue weighted by Crippen LogP contribution is 2.42. The number of hydrogen-bond acceptors (Lipinski definition) is 4. The third-order valence-corrected chi connectivity index (χ3v) is 6.20. The van der Waals surface area contributed by atoms with Gasteiger partial charge >= 0.3 is 5.69 Å². The van der Waals surface area contributed by atoms with Gasteiger partial charge in [-0.1, -0.05) is 24.3 Å². The standard InChI is InChI=1S/C19H21N3O2S/c1-20(2)10-11-22-18-16(17(23)21(3)19(22)24)15-13-7-5-4-6-12(13)8-9-14(15)25-18/h4-7H,8-11H2,1-3H3. The van der Waals surface area contributed by atoms with Gasteiger partial charge in [-0.05, 0) is 38.1 Å². The number of benzene rings is 1. The second kappa shape index (κ2) is 5.97. The maximum atomic E-state index is 12.9. The van der Waals surface area contributed by atoms with Gasteiger partial charge in [0, 0.05) is 30.6 Å². The van der Waals surface area contributed by atoms with Gasteiger partial charge in [0.2, 0.25) is 0 Å². The van der Waals surface area contributed by atoms with E-state index in [4.69, 9.17) is 0 Å². The Bertz CT molecular complexity index is 1090. The Labute approximate surface area is 149 Å². The average Bonchev–Trinajstić information content (AvgIpc) is 2.99. The maximum Gasteiger partial charge on any atom is 0.331 e. The third kappa shape index (κ3) is 2.48. The average molecular weight is 355 g/mol. The first-order chi connectivity index (χ1) is 12.0. The number of aromatic nitrogens is 2. The summed E-state index contributed by atoms with van der Waals surface area (Å²) in [6.07, 6.45) is 1.91. The summed E-state index contributed by atoms with van der Waals surface area (Å²) in [5.74, 6) is 0. The van der Waals surface area contributed by atoms with Crippen molar-refractivity contribution in [3.63, 3.8) is 0 Å². The summed E-state index contributed by atoms with van der Waals surface area (Å²) in [5, 5.41) is 0.702. The molecule has 0 saturated carbocycles. The van der Waals surface area contributed by atoms with Gasteiger partial charge in [0.05, 0.1) is 5.39 Å². The molecule has 5 nitrogen and oxygen atoms in total. The predicted molar refractivity (Wildman–Crippen MR) is 103 cm³/mol. The zero-order valence-corrected chi connectivity index (χ0v) is 15.5. The van der Waals surface area contributed by atoms with Gasteiger partial charge in [-0.3, -0.25) is 13.9 Å². The van der Waals surface area contributed by atoms with Crippen LogP contribution < -0.4 is 11.2 Å². The molecule has 0 aliphatic heterocycles.